The lowest BCUT2D eigenvalue weighted by Crippen LogP contribution is -2.51. The predicted octanol–water partition coefficient (Wildman–Crippen LogP) is 1.55. The minimum atomic E-state index is -0.961. The first-order valence-electron chi connectivity index (χ1n) is 7.18. The van der Waals surface area contributed by atoms with Gasteiger partial charge in [-0.05, 0) is 43.6 Å². The summed E-state index contributed by atoms with van der Waals surface area (Å²) >= 11 is 0. The van der Waals surface area contributed by atoms with Crippen LogP contribution in [0.15, 0.2) is 0 Å². The lowest BCUT2D eigenvalue weighted by molar-refractivity contribution is -0.144. The molecule has 0 radical (unpaired) electrons. The molecule has 18 heavy (non-hydrogen) atoms. The van der Waals surface area contributed by atoms with E-state index >= 15 is 0 Å². The predicted molar refractivity (Wildman–Crippen MR) is 71.3 cm³/mol. The third kappa shape index (κ3) is 2.54. The third-order valence-electron chi connectivity index (χ3n) is 5.13. The van der Waals surface area contributed by atoms with Gasteiger partial charge >= 0.3 is 5.97 Å². The van der Waals surface area contributed by atoms with E-state index < -0.39 is 11.5 Å². The molecule has 0 aromatic carbocycles. The molecule has 1 aliphatic heterocycles. The van der Waals surface area contributed by atoms with Crippen LogP contribution in [-0.4, -0.2) is 41.1 Å². The molecule has 4 unspecified atom stereocenters. The van der Waals surface area contributed by atoms with Gasteiger partial charge in [0.1, 0.15) is 5.54 Å². The Morgan fingerprint density at radius 1 is 1.39 bits per heavy atom. The van der Waals surface area contributed by atoms with E-state index in [1.54, 1.807) is 0 Å². The number of nitrogens with two attached hydrogens (primary N) is 1. The molecule has 1 saturated heterocycles. The highest BCUT2D eigenvalue weighted by molar-refractivity contribution is 5.79. The molecule has 0 aromatic heterocycles. The van der Waals surface area contributed by atoms with Gasteiger partial charge in [0, 0.05) is 13.1 Å². The molecular weight excluding hydrogens is 228 g/mol. The highest BCUT2D eigenvalue weighted by Gasteiger charge is 2.45. The van der Waals surface area contributed by atoms with E-state index in [0.29, 0.717) is 6.42 Å². The van der Waals surface area contributed by atoms with Gasteiger partial charge in [-0.1, -0.05) is 20.3 Å². The summed E-state index contributed by atoms with van der Waals surface area (Å²) in [5, 5.41) is 9.28. The highest BCUT2D eigenvalue weighted by Crippen LogP contribution is 2.36. The van der Waals surface area contributed by atoms with E-state index in [1.807, 2.05) is 0 Å². The quantitative estimate of drug-likeness (QED) is 0.799. The van der Waals surface area contributed by atoms with Crippen molar-refractivity contribution in [2.75, 3.05) is 19.6 Å². The van der Waals surface area contributed by atoms with Crippen LogP contribution in [0.2, 0.25) is 0 Å². The van der Waals surface area contributed by atoms with E-state index in [0.717, 1.165) is 50.7 Å². The molecule has 0 spiro atoms. The molecule has 1 heterocycles. The zero-order valence-corrected chi connectivity index (χ0v) is 11.6. The van der Waals surface area contributed by atoms with Crippen LogP contribution < -0.4 is 5.73 Å². The first kappa shape index (κ1) is 13.8. The molecule has 0 bridgehead atoms. The fourth-order valence-corrected chi connectivity index (χ4v) is 3.56. The minimum Gasteiger partial charge on any atom is -0.480 e. The average Bonchev–Trinajstić information content (AvgIpc) is 2.82. The van der Waals surface area contributed by atoms with Gasteiger partial charge in [-0.25, -0.2) is 0 Å². The number of nitrogens with zero attached hydrogens (tertiary/aromatic N) is 1. The lowest BCUT2D eigenvalue weighted by atomic mass is 9.85. The second-order valence-electron chi connectivity index (χ2n) is 6.44. The summed E-state index contributed by atoms with van der Waals surface area (Å²) in [4.78, 5) is 13.8. The van der Waals surface area contributed by atoms with E-state index in [-0.39, 0.29) is 5.92 Å². The first-order valence-corrected chi connectivity index (χ1v) is 7.18. The fraction of sp³-hybridized carbons (Fsp3) is 0.929. The van der Waals surface area contributed by atoms with Crippen molar-refractivity contribution in [3.05, 3.63) is 0 Å². The number of likely N-dealkylation sites (tertiary alicyclic amines) is 1. The normalized spacial score (nSPS) is 41.4. The van der Waals surface area contributed by atoms with Crippen molar-refractivity contribution in [1.82, 2.24) is 4.90 Å². The number of rotatable bonds is 4. The van der Waals surface area contributed by atoms with E-state index in [9.17, 15) is 9.90 Å². The Labute approximate surface area is 110 Å². The van der Waals surface area contributed by atoms with E-state index in [4.69, 9.17) is 5.73 Å². The molecule has 1 saturated carbocycles. The van der Waals surface area contributed by atoms with Crippen LogP contribution in [0, 0.1) is 17.8 Å². The summed E-state index contributed by atoms with van der Waals surface area (Å²) in [5.74, 6) is 0.862. The molecule has 104 valence electrons. The molecule has 4 atom stereocenters. The molecule has 2 fully saturated rings. The van der Waals surface area contributed by atoms with Crippen molar-refractivity contribution < 1.29 is 9.90 Å². The van der Waals surface area contributed by atoms with Crippen molar-refractivity contribution in [2.24, 2.45) is 23.5 Å². The van der Waals surface area contributed by atoms with Gasteiger partial charge in [-0.2, -0.15) is 0 Å². The summed E-state index contributed by atoms with van der Waals surface area (Å²) in [7, 11) is 0. The first-order chi connectivity index (χ1) is 8.43. The summed E-state index contributed by atoms with van der Waals surface area (Å²) in [6, 6.07) is 0. The van der Waals surface area contributed by atoms with Crippen LogP contribution >= 0.6 is 0 Å². The maximum absolute atomic E-state index is 11.3. The largest absolute Gasteiger partial charge is 0.480 e. The minimum absolute atomic E-state index is 0.154. The SMILES string of the molecule is CC1CN(CCC2CCCC2(N)C(=O)O)CC1C. The van der Waals surface area contributed by atoms with Crippen molar-refractivity contribution in [1.29, 1.82) is 0 Å². The zero-order valence-electron chi connectivity index (χ0n) is 11.6. The second kappa shape index (κ2) is 5.17. The second-order valence-corrected chi connectivity index (χ2v) is 6.44. The Kier molecular flexibility index (Phi) is 3.97. The Bertz CT molecular complexity index is 311. The van der Waals surface area contributed by atoms with Crippen LogP contribution in [0.25, 0.3) is 0 Å². The lowest BCUT2D eigenvalue weighted by Gasteiger charge is -2.28. The Morgan fingerprint density at radius 3 is 2.56 bits per heavy atom. The molecule has 2 rings (SSSR count). The number of aliphatic carboxylic acids is 1. The molecule has 4 nitrogen and oxygen atoms in total. The fourth-order valence-electron chi connectivity index (χ4n) is 3.56. The zero-order chi connectivity index (χ0) is 13.3. The number of carboxylic acids is 1. The van der Waals surface area contributed by atoms with Crippen molar-refractivity contribution >= 4 is 5.97 Å². The van der Waals surface area contributed by atoms with Gasteiger partial charge in [0.05, 0.1) is 0 Å². The molecule has 1 aliphatic carbocycles. The summed E-state index contributed by atoms with van der Waals surface area (Å²) in [6.07, 6.45) is 3.50. The average molecular weight is 254 g/mol. The number of carbonyl (C=O) groups is 1. The smallest absolute Gasteiger partial charge is 0.323 e. The Balaban J connectivity index is 1.85. The summed E-state index contributed by atoms with van der Waals surface area (Å²) in [5.41, 5.74) is 5.11. The number of hydrogen-bond donors (Lipinski definition) is 2. The van der Waals surface area contributed by atoms with Crippen LogP contribution in [0.5, 0.6) is 0 Å². The standard InChI is InChI=1S/C14H26N2O2/c1-10-8-16(9-11(10)2)7-5-12-4-3-6-14(12,15)13(17)18/h10-12H,3-9,15H2,1-2H3,(H,17,18). The van der Waals surface area contributed by atoms with Crippen molar-refractivity contribution in [3.63, 3.8) is 0 Å². The van der Waals surface area contributed by atoms with Gasteiger partial charge in [0.15, 0.2) is 0 Å². The maximum atomic E-state index is 11.3. The van der Waals surface area contributed by atoms with Gasteiger partial charge < -0.3 is 15.7 Å². The maximum Gasteiger partial charge on any atom is 0.323 e. The summed E-state index contributed by atoms with van der Waals surface area (Å²) < 4.78 is 0. The Hall–Kier alpha value is -0.610. The van der Waals surface area contributed by atoms with E-state index in [2.05, 4.69) is 18.7 Å². The third-order valence-corrected chi connectivity index (χ3v) is 5.13. The molecule has 0 amide bonds. The van der Waals surface area contributed by atoms with Gasteiger partial charge in [0.2, 0.25) is 0 Å². The summed E-state index contributed by atoms with van der Waals surface area (Å²) in [6.45, 7) is 7.90. The number of carboxylic acid groups (broad SMARTS) is 1. The highest BCUT2D eigenvalue weighted by atomic mass is 16.4. The van der Waals surface area contributed by atoms with Crippen LogP contribution in [-0.2, 0) is 4.79 Å². The van der Waals surface area contributed by atoms with Gasteiger partial charge in [0.25, 0.3) is 0 Å². The Morgan fingerprint density at radius 2 is 2.00 bits per heavy atom. The van der Waals surface area contributed by atoms with Gasteiger partial charge in [-0.3, -0.25) is 4.79 Å². The van der Waals surface area contributed by atoms with Gasteiger partial charge in [-0.15, -0.1) is 0 Å². The molecule has 3 N–H and O–H groups in total. The topological polar surface area (TPSA) is 66.6 Å². The number of hydrogen-bond acceptors (Lipinski definition) is 3. The van der Waals surface area contributed by atoms with Crippen LogP contribution in [0.4, 0.5) is 0 Å². The van der Waals surface area contributed by atoms with Crippen molar-refractivity contribution in [3.8, 4) is 0 Å². The van der Waals surface area contributed by atoms with Crippen LogP contribution in [0.3, 0.4) is 0 Å². The van der Waals surface area contributed by atoms with Crippen molar-refractivity contribution in [2.45, 2.75) is 45.1 Å². The van der Waals surface area contributed by atoms with E-state index in [1.165, 1.54) is 0 Å². The molecular formula is C14H26N2O2. The molecule has 0 aromatic rings. The molecule has 4 heteroatoms. The monoisotopic (exact) mass is 254 g/mol. The van der Waals surface area contributed by atoms with Crippen LogP contribution in [0.1, 0.15) is 39.5 Å². The molecule has 2 aliphatic rings.